The number of benzene rings is 1. The quantitative estimate of drug-likeness (QED) is 0.452. The van der Waals surface area contributed by atoms with E-state index < -0.39 is 6.61 Å². The fraction of sp³-hybridized carbons (Fsp3) is 0.296. The first-order valence-electron chi connectivity index (χ1n) is 12.1. The number of rotatable bonds is 4. The lowest BCUT2D eigenvalue weighted by atomic mass is 9.88. The zero-order valence-corrected chi connectivity index (χ0v) is 19.5. The molecule has 3 aromatic heterocycles. The van der Waals surface area contributed by atoms with E-state index in [-0.39, 0.29) is 23.6 Å². The molecule has 1 N–H and O–H groups in total. The number of fused-ring (bicyclic) bond motifs is 9. The first-order chi connectivity index (χ1) is 17.5. The van der Waals surface area contributed by atoms with Gasteiger partial charge in [0.25, 0.3) is 5.91 Å². The van der Waals surface area contributed by atoms with Crippen molar-refractivity contribution < 1.29 is 18.3 Å². The number of hydrogen-bond donors (Lipinski definition) is 1. The number of aromatic nitrogens is 3. The molecular weight excluding hydrogens is 464 g/mol. The largest absolute Gasteiger partial charge is 0.434 e. The molecule has 1 saturated heterocycles. The Bertz CT molecular complexity index is 1510. The lowest BCUT2D eigenvalue weighted by Gasteiger charge is -2.26. The SMILES string of the molecule is CN1C(=O)c2cccc(OC(F)F)c2C2CC1c1nn3ccc(-c4ccc(C5CCN5)nc4)cc3c12. The van der Waals surface area contributed by atoms with E-state index in [1.807, 2.05) is 23.0 Å². The molecule has 1 aromatic carbocycles. The van der Waals surface area contributed by atoms with Crippen molar-refractivity contribution in [2.24, 2.45) is 0 Å². The van der Waals surface area contributed by atoms with Crippen LogP contribution >= 0.6 is 0 Å². The van der Waals surface area contributed by atoms with Crippen LogP contribution in [0.25, 0.3) is 16.6 Å². The number of pyridine rings is 2. The van der Waals surface area contributed by atoms with E-state index in [9.17, 15) is 13.6 Å². The Hall–Kier alpha value is -3.85. The highest BCUT2D eigenvalue weighted by atomic mass is 19.3. The maximum Gasteiger partial charge on any atom is 0.387 e. The lowest BCUT2D eigenvalue weighted by molar-refractivity contribution is -0.0505. The summed E-state index contributed by atoms with van der Waals surface area (Å²) in [5, 5.41) is 8.19. The molecule has 0 spiro atoms. The van der Waals surface area contributed by atoms with Gasteiger partial charge in [0.2, 0.25) is 0 Å². The predicted octanol–water partition coefficient (Wildman–Crippen LogP) is 4.69. The summed E-state index contributed by atoms with van der Waals surface area (Å²) in [5.74, 6) is -0.461. The van der Waals surface area contributed by atoms with Gasteiger partial charge in [-0.15, -0.1) is 0 Å². The van der Waals surface area contributed by atoms with Crippen molar-refractivity contribution in [2.45, 2.75) is 37.5 Å². The van der Waals surface area contributed by atoms with Crippen molar-refractivity contribution in [3.8, 4) is 16.9 Å². The third kappa shape index (κ3) is 3.08. The molecule has 9 heteroatoms. The summed E-state index contributed by atoms with van der Waals surface area (Å²) >= 11 is 0. The number of carbonyl (C=O) groups excluding carboxylic acids is 1. The molecule has 1 fully saturated rings. The highest BCUT2D eigenvalue weighted by Crippen LogP contribution is 2.53. The Kier molecular flexibility index (Phi) is 4.66. The van der Waals surface area contributed by atoms with Crippen LogP contribution in [0, 0.1) is 0 Å². The average molecular weight is 488 g/mol. The van der Waals surface area contributed by atoms with Gasteiger partial charge in [0, 0.05) is 47.6 Å². The summed E-state index contributed by atoms with van der Waals surface area (Å²) in [5.41, 5.74) is 6.57. The standard InChI is InChI=1S/C27H23F2N5O2/c1-33-21-12-17(23-16(26(33)35)3-2-4-22(23)36-27(28)29)24-20-11-14(8-10-34(20)32-25(21)24)15-5-6-18(31-13-15)19-7-9-30-19/h2-6,8,10-11,13,17,19,21,27,30H,7,9,12H2,1H3. The summed E-state index contributed by atoms with van der Waals surface area (Å²) in [4.78, 5) is 19.6. The minimum Gasteiger partial charge on any atom is -0.434 e. The fourth-order valence-corrected chi connectivity index (χ4v) is 5.86. The Balaban J connectivity index is 1.37. The second-order valence-electron chi connectivity index (χ2n) is 9.63. The fourth-order valence-electron chi connectivity index (χ4n) is 5.86. The number of nitrogens with one attached hydrogen (secondary N) is 1. The summed E-state index contributed by atoms with van der Waals surface area (Å²) in [6.07, 6.45) is 5.46. The van der Waals surface area contributed by atoms with Gasteiger partial charge in [0.05, 0.1) is 29.0 Å². The van der Waals surface area contributed by atoms with Gasteiger partial charge in [-0.2, -0.15) is 13.9 Å². The van der Waals surface area contributed by atoms with Crippen molar-refractivity contribution in [1.29, 1.82) is 0 Å². The maximum atomic E-state index is 13.3. The van der Waals surface area contributed by atoms with Crippen LogP contribution < -0.4 is 10.1 Å². The first kappa shape index (κ1) is 21.4. The number of carbonyl (C=O) groups is 1. The Labute approximate surface area is 205 Å². The van der Waals surface area contributed by atoms with E-state index in [0.29, 0.717) is 23.6 Å². The van der Waals surface area contributed by atoms with Crippen LogP contribution in [-0.2, 0) is 0 Å². The summed E-state index contributed by atoms with van der Waals surface area (Å²) in [6.45, 7) is -1.96. The molecule has 1 amide bonds. The third-order valence-corrected chi connectivity index (χ3v) is 7.77. The molecule has 0 saturated carbocycles. The van der Waals surface area contributed by atoms with Gasteiger partial charge in [-0.05, 0) is 55.3 Å². The molecule has 3 unspecified atom stereocenters. The van der Waals surface area contributed by atoms with Gasteiger partial charge in [-0.25, -0.2) is 4.52 Å². The number of alkyl halides is 2. The Morgan fingerprint density at radius 1 is 1.14 bits per heavy atom. The zero-order valence-electron chi connectivity index (χ0n) is 19.5. The number of hydrogen-bond acceptors (Lipinski definition) is 5. The number of nitrogens with zero attached hydrogens (tertiary/aromatic N) is 4. The molecule has 7 rings (SSSR count). The highest BCUT2D eigenvalue weighted by molar-refractivity contribution is 5.98. The monoisotopic (exact) mass is 487 g/mol. The molecule has 182 valence electrons. The van der Waals surface area contributed by atoms with Crippen LogP contribution in [0.3, 0.4) is 0 Å². The molecule has 5 heterocycles. The first-order valence-corrected chi connectivity index (χ1v) is 12.1. The molecule has 3 aliphatic rings. The predicted molar refractivity (Wildman–Crippen MR) is 128 cm³/mol. The third-order valence-electron chi connectivity index (χ3n) is 7.77. The number of ether oxygens (including phenoxy) is 1. The molecule has 2 bridgehead atoms. The summed E-state index contributed by atoms with van der Waals surface area (Å²) in [6, 6.07) is 13.1. The van der Waals surface area contributed by atoms with E-state index in [0.717, 1.165) is 46.6 Å². The van der Waals surface area contributed by atoms with Crippen LogP contribution in [0.4, 0.5) is 8.78 Å². The van der Waals surface area contributed by atoms with Gasteiger partial charge >= 0.3 is 6.61 Å². The van der Waals surface area contributed by atoms with Gasteiger partial charge < -0.3 is 15.0 Å². The van der Waals surface area contributed by atoms with E-state index in [2.05, 4.69) is 28.5 Å². The topological polar surface area (TPSA) is 71.8 Å². The van der Waals surface area contributed by atoms with Crippen LogP contribution in [0.15, 0.2) is 54.9 Å². The summed E-state index contributed by atoms with van der Waals surface area (Å²) < 4.78 is 33.3. The Morgan fingerprint density at radius 3 is 2.72 bits per heavy atom. The molecule has 4 aromatic rings. The Morgan fingerprint density at radius 2 is 2.00 bits per heavy atom. The molecule has 0 radical (unpaired) electrons. The van der Waals surface area contributed by atoms with Crippen LogP contribution in [0.1, 0.15) is 63.7 Å². The van der Waals surface area contributed by atoms with Gasteiger partial charge in [0.1, 0.15) is 5.75 Å². The second kappa shape index (κ2) is 7.83. The van der Waals surface area contributed by atoms with E-state index >= 15 is 0 Å². The van der Waals surface area contributed by atoms with Crippen molar-refractivity contribution in [1.82, 2.24) is 24.8 Å². The zero-order chi connectivity index (χ0) is 24.6. The van der Waals surface area contributed by atoms with Gasteiger partial charge in [-0.1, -0.05) is 12.1 Å². The smallest absolute Gasteiger partial charge is 0.387 e. The number of halogens is 2. The number of amides is 1. The summed E-state index contributed by atoms with van der Waals surface area (Å²) in [7, 11) is 1.74. The van der Waals surface area contributed by atoms with Gasteiger partial charge in [0.15, 0.2) is 0 Å². The van der Waals surface area contributed by atoms with Crippen LogP contribution in [0.5, 0.6) is 5.75 Å². The van der Waals surface area contributed by atoms with Gasteiger partial charge in [-0.3, -0.25) is 9.78 Å². The maximum absolute atomic E-state index is 13.3. The van der Waals surface area contributed by atoms with E-state index in [4.69, 9.17) is 9.84 Å². The molecule has 2 aliphatic heterocycles. The van der Waals surface area contributed by atoms with Crippen molar-refractivity contribution in [3.63, 3.8) is 0 Å². The van der Waals surface area contributed by atoms with Crippen LogP contribution in [0.2, 0.25) is 0 Å². The molecular formula is C27H23F2N5O2. The molecule has 1 aliphatic carbocycles. The second-order valence-corrected chi connectivity index (χ2v) is 9.63. The van der Waals surface area contributed by atoms with Crippen molar-refractivity contribution in [3.05, 3.63) is 82.9 Å². The van der Waals surface area contributed by atoms with E-state index in [1.54, 1.807) is 24.1 Å². The van der Waals surface area contributed by atoms with Crippen LogP contribution in [-0.4, -0.2) is 45.6 Å². The normalized spacial score (nSPS) is 22.4. The average Bonchev–Trinajstić information content (AvgIpc) is 3.36. The van der Waals surface area contributed by atoms with E-state index in [1.165, 1.54) is 6.07 Å². The molecule has 3 atom stereocenters. The highest BCUT2D eigenvalue weighted by Gasteiger charge is 2.46. The van der Waals surface area contributed by atoms with Crippen molar-refractivity contribution >= 4 is 11.4 Å². The molecule has 36 heavy (non-hydrogen) atoms. The molecule has 7 nitrogen and oxygen atoms in total. The minimum atomic E-state index is -2.98. The minimum absolute atomic E-state index is 0.0441. The van der Waals surface area contributed by atoms with Crippen molar-refractivity contribution in [2.75, 3.05) is 13.6 Å². The lowest BCUT2D eigenvalue weighted by Crippen LogP contribution is -2.35.